The van der Waals surface area contributed by atoms with Crippen LogP contribution in [0.4, 0.5) is 4.79 Å². The maximum atomic E-state index is 13.4. The van der Waals surface area contributed by atoms with Crippen LogP contribution in [0.25, 0.3) is 0 Å². The number of carboxylic acid groups (broad SMARTS) is 1. The first-order valence-corrected chi connectivity index (χ1v) is 11.4. The van der Waals surface area contributed by atoms with E-state index in [1.807, 2.05) is 49.1 Å². The number of carbonyl (C=O) groups is 2. The summed E-state index contributed by atoms with van der Waals surface area (Å²) in [5, 5.41) is 26.1. The van der Waals surface area contributed by atoms with Crippen LogP contribution >= 0.6 is 0 Å². The van der Waals surface area contributed by atoms with Gasteiger partial charge in [-0.05, 0) is 37.2 Å². The highest BCUT2D eigenvalue weighted by Gasteiger charge is 2.47. The third-order valence-corrected chi connectivity index (χ3v) is 6.04. The van der Waals surface area contributed by atoms with E-state index < -0.39 is 24.3 Å². The highest BCUT2D eigenvalue weighted by atomic mass is 16.4. The van der Waals surface area contributed by atoms with E-state index in [1.54, 1.807) is 0 Å². The summed E-state index contributed by atoms with van der Waals surface area (Å²) in [5.74, 6) is 0.623. The fourth-order valence-electron chi connectivity index (χ4n) is 4.36. The molecule has 0 spiro atoms. The molecule has 1 unspecified atom stereocenters. The number of aliphatic hydroxyl groups is 1. The summed E-state index contributed by atoms with van der Waals surface area (Å²) in [5.41, 5.74) is 0.894. The van der Waals surface area contributed by atoms with Gasteiger partial charge in [-0.3, -0.25) is 10.1 Å². The maximum Gasteiger partial charge on any atom is 0.404 e. The minimum absolute atomic E-state index is 0.0448. The van der Waals surface area contributed by atoms with Crippen LogP contribution in [0.5, 0.6) is 0 Å². The monoisotopic (exact) mass is 433 g/mol. The summed E-state index contributed by atoms with van der Waals surface area (Å²) in [7, 11) is 0. The van der Waals surface area contributed by atoms with Crippen molar-refractivity contribution in [1.82, 2.24) is 15.5 Å². The van der Waals surface area contributed by atoms with Gasteiger partial charge in [0, 0.05) is 6.04 Å². The Balaban J connectivity index is 2.17. The molecule has 31 heavy (non-hydrogen) atoms. The molecule has 7 heteroatoms. The molecule has 174 valence electrons. The van der Waals surface area contributed by atoms with Gasteiger partial charge in [0.1, 0.15) is 6.04 Å². The van der Waals surface area contributed by atoms with Gasteiger partial charge in [0.2, 0.25) is 5.91 Å². The second-order valence-corrected chi connectivity index (χ2v) is 9.49. The van der Waals surface area contributed by atoms with E-state index in [9.17, 15) is 19.8 Å². The Hall–Kier alpha value is -2.12. The molecule has 2 amide bonds. The van der Waals surface area contributed by atoms with Crippen molar-refractivity contribution in [3.05, 3.63) is 35.9 Å². The standard InChI is InChI=1S/C24H39N3O4/c1-15(2)10-9-11-17(5)27-22(16(3)4)26-20(23(27)29)21(28)19(25-24(30)31)14-18-12-7-6-8-13-18/h6-8,12-13,15-17,19-22,25-26,28H,9-11,14H2,1-5H3,(H,30,31)/t17-,19-,20-,21+,22?/m0/s1. The molecule has 0 saturated carbocycles. The van der Waals surface area contributed by atoms with Crippen molar-refractivity contribution >= 4 is 12.0 Å². The third-order valence-electron chi connectivity index (χ3n) is 6.04. The number of nitrogens with one attached hydrogen (secondary N) is 2. The lowest BCUT2D eigenvalue weighted by molar-refractivity contribution is -0.134. The predicted molar refractivity (Wildman–Crippen MR) is 122 cm³/mol. The molecule has 2 rings (SSSR count). The summed E-state index contributed by atoms with van der Waals surface area (Å²) in [4.78, 5) is 26.6. The molecule has 5 atom stereocenters. The van der Waals surface area contributed by atoms with Crippen molar-refractivity contribution in [3.63, 3.8) is 0 Å². The Morgan fingerprint density at radius 3 is 2.32 bits per heavy atom. The molecule has 7 nitrogen and oxygen atoms in total. The zero-order valence-electron chi connectivity index (χ0n) is 19.4. The average molecular weight is 434 g/mol. The van der Waals surface area contributed by atoms with E-state index in [0.717, 1.165) is 24.8 Å². The van der Waals surface area contributed by atoms with Gasteiger partial charge in [0.15, 0.2) is 0 Å². The molecule has 1 aliphatic heterocycles. The van der Waals surface area contributed by atoms with E-state index in [-0.39, 0.29) is 24.0 Å². The molecule has 4 N–H and O–H groups in total. The first-order valence-electron chi connectivity index (χ1n) is 11.4. The van der Waals surface area contributed by atoms with Crippen molar-refractivity contribution in [2.45, 2.75) is 90.7 Å². The van der Waals surface area contributed by atoms with E-state index in [2.05, 4.69) is 31.4 Å². The van der Waals surface area contributed by atoms with Gasteiger partial charge in [0.05, 0.1) is 18.3 Å². The number of aliphatic hydroxyl groups excluding tert-OH is 1. The predicted octanol–water partition coefficient (Wildman–Crippen LogP) is 3.22. The number of benzene rings is 1. The number of amides is 2. The van der Waals surface area contributed by atoms with Crippen molar-refractivity contribution in [1.29, 1.82) is 0 Å². The van der Waals surface area contributed by atoms with Crippen molar-refractivity contribution in [2.75, 3.05) is 0 Å². The van der Waals surface area contributed by atoms with Crippen molar-refractivity contribution in [3.8, 4) is 0 Å². The summed E-state index contributed by atoms with van der Waals surface area (Å²) in [6.45, 7) is 10.5. The molecule has 1 aromatic carbocycles. The van der Waals surface area contributed by atoms with Gasteiger partial charge in [-0.25, -0.2) is 4.79 Å². The van der Waals surface area contributed by atoms with Gasteiger partial charge in [-0.15, -0.1) is 0 Å². The zero-order chi connectivity index (χ0) is 23.1. The Bertz CT molecular complexity index is 710. The highest BCUT2D eigenvalue weighted by molar-refractivity contribution is 5.85. The fraction of sp³-hybridized carbons (Fsp3) is 0.667. The molecular weight excluding hydrogens is 394 g/mol. The number of hydrogen-bond donors (Lipinski definition) is 4. The largest absolute Gasteiger partial charge is 0.465 e. The van der Waals surface area contributed by atoms with Gasteiger partial charge >= 0.3 is 6.09 Å². The number of nitrogens with zero attached hydrogens (tertiary/aromatic N) is 1. The summed E-state index contributed by atoms with van der Waals surface area (Å²) in [6.07, 6.45) is 0.762. The summed E-state index contributed by atoms with van der Waals surface area (Å²) in [6, 6.07) is 7.78. The van der Waals surface area contributed by atoms with E-state index >= 15 is 0 Å². The molecule has 0 aromatic heterocycles. The van der Waals surface area contributed by atoms with Crippen LogP contribution in [0.15, 0.2) is 30.3 Å². The van der Waals surface area contributed by atoms with Crippen molar-refractivity contribution in [2.24, 2.45) is 11.8 Å². The minimum Gasteiger partial charge on any atom is -0.465 e. The Morgan fingerprint density at radius 2 is 1.77 bits per heavy atom. The number of carbonyl (C=O) groups excluding carboxylic acids is 1. The first kappa shape index (κ1) is 25.1. The second-order valence-electron chi connectivity index (χ2n) is 9.49. The van der Waals surface area contributed by atoms with Gasteiger partial charge in [-0.2, -0.15) is 0 Å². The maximum absolute atomic E-state index is 13.4. The first-order chi connectivity index (χ1) is 14.6. The second kappa shape index (κ2) is 11.5. The smallest absolute Gasteiger partial charge is 0.404 e. The molecular formula is C24H39N3O4. The number of rotatable bonds is 11. The Kier molecular flexibility index (Phi) is 9.32. The molecule has 1 aromatic rings. The van der Waals surface area contributed by atoms with E-state index in [0.29, 0.717) is 12.3 Å². The quantitative estimate of drug-likeness (QED) is 0.429. The molecule has 0 radical (unpaired) electrons. The average Bonchev–Trinajstić information content (AvgIpc) is 3.04. The SMILES string of the molecule is CC(C)CCC[C@H](C)N1C(=O)[C@H]([C@H](O)[C@H](Cc2ccccc2)NC(=O)O)NC1C(C)C. The third kappa shape index (κ3) is 6.94. The molecule has 1 fully saturated rings. The van der Waals surface area contributed by atoms with Crippen LogP contribution < -0.4 is 10.6 Å². The van der Waals surface area contributed by atoms with Crippen LogP contribution in [-0.2, 0) is 11.2 Å². The normalized spacial score (nSPS) is 22.1. The van der Waals surface area contributed by atoms with Crippen molar-refractivity contribution < 1.29 is 19.8 Å². The molecule has 1 heterocycles. The van der Waals surface area contributed by atoms with Gasteiger partial charge in [0.25, 0.3) is 0 Å². The van der Waals surface area contributed by atoms with E-state index in [1.165, 1.54) is 0 Å². The van der Waals surface area contributed by atoms with E-state index in [4.69, 9.17) is 0 Å². The van der Waals surface area contributed by atoms with Crippen LogP contribution in [0.2, 0.25) is 0 Å². The molecule has 0 aliphatic carbocycles. The highest BCUT2D eigenvalue weighted by Crippen LogP contribution is 2.26. The lowest BCUT2D eigenvalue weighted by Gasteiger charge is -2.33. The molecule has 1 aliphatic rings. The summed E-state index contributed by atoms with van der Waals surface area (Å²) < 4.78 is 0. The van der Waals surface area contributed by atoms with Crippen LogP contribution in [0.1, 0.15) is 59.4 Å². The lowest BCUT2D eigenvalue weighted by atomic mass is 9.96. The lowest BCUT2D eigenvalue weighted by Crippen LogP contribution is -2.55. The minimum atomic E-state index is -1.22. The zero-order valence-corrected chi connectivity index (χ0v) is 19.4. The summed E-state index contributed by atoms with van der Waals surface area (Å²) >= 11 is 0. The Labute approximate surface area is 186 Å². The Morgan fingerprint density at radius 1 is 1.13 bits per heavy atom. The van der Waals surface area contributed by atoms with Gasteiger partial charge < -0.3 is 20.4 Å². The number of hydrogen-bond acceptors (Lipinski definition) is 4. The molecule has 0 bridgehead atoms. The van der Waals surface area contributed by atoms with Crippen LogP contribution in [0, 0.1) is 11.8 Å². The molecule has 1 saturated heterocycles. The topological polar surface area (TPSA) is 102 Å². The van der Waals surface area contributed by atoms with Crippen LogP contribution in [0.3, 0.4) is 0 Å². The fourth-order valence-corrected chi connectivity index (χ4v) is 4.36. The van der Waals surface area contributed by atoms with Gasteiger partial charge in [-0.1, -0.05) is 70.9 Å². The van der Waals surface area contributed by atoms with Crippen LogP contribution in [-0.4, -0.2) is 57.5 Å².